The van der Waals surface area contributed by atoms with Gasteiger partial charge in [0.1, 0.15) is 0 Å². The number of carbonyl (C=O) groups is 2. The molecule has 0 spiro atoms. The molecule has 1 aliphatic rings. The molecule has 0 aliphatic carbocycles. The van der Waals surface area contributed by atoms with E-state index in [2.05, 4.69) is 0 Å². The SMILES string of the molecule is CCOC(=O)N1CCCN(C(=O)c2cccs2)CC1. The molecular formula is C13H18N2O3S. The van der Waals surface area contributed by atoms with Crippen LogP contribution in [-0.4, -0.2) is 54.6 Å². The fourth-order valence-corrected chi connectivity index (χ4v) is 2.76. The van der Waals surface area contributed by atoms with E-state index >= 15 is 0 Å². The van der Waals surface area contributed by atoms with E-state index in [9.17, 15) is 9.59 Å². The molecule has 1 aromatic rings. The molecule has 1 fully saturated rings. The lowest BCUT2D eigenvalue weighted by Gasteiger charge is -2.21. The highest BCUT2D eigenvalue weighted by molar-refractivity contribution is 7.12. The summed E-state index contributed by atoms with van der Waals surface area (Å²) in [5.74, 6) is 0.0562. The number of nitrogens with zero attached hydrogens (tertiary/aromatic N) is 2. The zero-order chi connectivity index (χ0) is 13.7. The van der Waals surface area contributed by atoms with Crippen LogP contribution in [0.4, 0.5) is 4.79 Å². The summed E-state index contributed by atoms with van der Waals surface area (Å²) in [6.45, 7) is 4.61. The first-order valence-electron chi connectivity index (χ1n) is 6.47. The second-order valence-corrected chi connectivity index (χ2v) is 5.26. The highest BCUT2D eigenvalue weighted by atomic mass is 32.1. The van der Waals surface area contributed by atoms with E-state index in [0.717, 1.165) is 11.3 Å². The summed E-state index contributed by atoms with van der Waals surface area (Å²) in [6.07, 6.45) is 0.503. The van der Waals surface area contributed by atoms with Gasteiger partial charge in [0.05, 0.1) is 11.5 Å². The molecule has 2 heterocycles. The van der Waals surface area contributed by atoms with E-state index in [-0.39, 0.29) is 12.0 Å². The monoisotopic (exact) mass is 282 g/mol. The third-order valence-corrected chi connectivity index (χ3v) is 3.90. The van der Waals surface area contributed by atoms with Crippen molar-refractivity contribution in [2.75, 3.05) is 32.8 Å². The molecule has 19 heavy (non-hydrogen) atoms. The number of hydrogen-bond acceptors (Lipinski definition) is 4. The number of thiophene rings is 1. The summed E-state index contributed by atoms with van der Waals surface area (Å²) < 4.78 is 4.99. The van der Waals surface area contributed by atoms with Crippen LogP contribution in [-0.2, 0) is 4.74 Å². The van der Waals surface area contributed by atoms with Crippen LogP contribution < -0.4 is 0 Å². The Morgan fingerprint density at radius 3 is 2.68 bits per heavy atom. The summed E-state index contributed by atoms with van der Waals surface area (Å²) in [7, 11) is 0. The minimum atomic E-state index is -0.284. The molecule has 1 aromatic heterocycles. The molecule has 5 nitrogen and oxygen atoms in total. The van der Waals surface area contributed by atoms with E-state index in [1.807, 2.05) is 22.4 Å². The summed E-state index contributed by atoms with van der Waals surface area (Å²) in [5, 5.41) is 1.90. The Balaban J connectivity index is 1.93. The van der Waals surface area contributed by atoms with Crippen molar-refractivity contribution in [3.63, 3.8) is 0 Å². The number of ether oxygens (including phenoxy) is 1. The van der Waals surface area contributed by atoms with Gasteiger partial charge in [-0.2, -0.15) is 0 Å². The number of carbonyl (C=O) groups excluding carboxylic acids is 2. The lowest BCUT2D eigenvalue weighted by molar-refractivity contribution is 0.0758. The second kappa shape index (κ2) is 6.56. The first kappa shape index (κ1) is 13.9. The molecule has 0 aromatic carbocycles. The van der Waals surface area contributed by atoms with Crippen molar-refractivity contribution in [3.05, 3.63) is 22.4 Å². The summed E-state index contributed by atoms with van der Waals surface area (Å²) in [6, 6.07) is 3.71. The van der Waals surface area contributed by atoms with Crippen LogP contribution in [0.5, 0.6) is 0 Å². The standard InChI is InChI=1S/C13H18N2O3S/c1-2-18-13(17)15-7-4-6-14(8-9-15)12(16)11-5-3-10-19-11/h3,5,10H,2,4,6-9H2,1H3. The first-order chi connectivity index (χ1) is 9.22. The Kier molecular flexibility index (Phi) is 4.79. The maximum absolute atomic E-state index is 12.2. The average molecular weight is 282 g/mol. The predicted molar refractivity (Wildman–Crippen MR) is 73.4 cm³/mol. The van der Waals surface area contributed by atoms with Gasteiger partial charge < -0.3 is 14.5 Å². The molecule has 104 valence electrons. The topological polar surface area (TPSA) is 49.9 Å². The zero-order valence-electron chi connectivity index (χ0n) is 11.0. The van der Waals surface area contributed by atoms with Crippen LogP contribution in [0.2, 0.25) is 0 Å². The molecule has 1 saturated heterocycles. The maximum Gasteiger partial charge on any atom is 0.409 e. The van der Waals surface area contributed by atoms with Gasteiger partial charge in [-0.15, -0.1) is 11.3 Å². The molecule has 0 atom stereocenters. The van der Waals surface area contributed by atoms with Crippen LogP contribution in [0.25, 0.3) is 0 Å². The fraction of sp³-hybridized carbons (Fsp3) is 0.538. The Labute approximate surface area is 116 Å². The summed E-state index contributed by atoms with van der Waals surface area (Å²) >= 11 is 1.45. The van der Waals surface area contributed by atoms with E-state index < -0.39 is 0 Å². The van der Waals surface area contributed by atoms with Gasteiger partial charge in [0.25, 0.3) is 5.91 Å². The summed E-state index contributed by atoms with van der Waals surface area (Å²) in [4.78, 5) is 28.1. The third-order valence-electron chi connectivity index (χ3n) is 3.04. The number of amides is 2. The van der Waals surface area contributed by atoms with Crippen LogP contribution in [0.15, 0.2) is 17.5 Å². The Hall–Kier alpha value is -1.56. The smallest absolute Gasteiger partial charge is 0.409 e. The van der Waals surface area contributed by atoms with E-state index in [1.165, 1.54) is 11.3 Å². The normalized spacial score (nSPS) is 16.1. The highest BCUT2D eigenvalue weighted by Gasteiger charge is 2.23. The van der Waals surface area contributed by atoms with Crippen LogP contribution in [0.1, 0.15) is 23.0 Å². The lowest BCUT2D eigenvalue weighted by Crippen LogP contribution is -2.37. The van der Waals surface area contributed by atoms with Crippen molar-refractivity contribution in [2.45, 2.75) is 13.3 Å². The van der Waals surface area contributed by atoms with Crippen molar-refractivity contribution < 1.29 is 14.3 Å². The molecule has 0 unspecified atom stereocenters. The van der Waals surface area contributed by atoms with Crippen molar-refractivity contribution in [1.82, 2.24) is 9.80 Å². The predicted octanol–water partition coefficient (Wildman–Crippen LogP) is 2.05. The van der Waals surface area contributed by atoms with Gasteiger partial charge in [0.15, 0.2) is 0 Å². The Bertz CT molecular complexity index is 433. The first-order valence-corrected chi connectivity index (χ1v) is 7.35. The van der Waals surface area contributed by atoms with Gasteiger partial charge in [-0.1, -0.05) is 6.07 Å². The molecule has 1 aliphatic heterocycles. The zero-order valence-corrected chi connectivity index (χ0v) is 11.8. The van der Waals surface area contributed by atoms with Gasteiger partial charge in [0, 0.05) is 26.2 Å². The molecule has 2 rings (SSSR count). The van der Waals surface area contributed by atoms with Crippen molar-refractivity contribution in [3.8, 4) is 0 Å². The molecule has 0 radical (unpaired) electrons. The van der Waals surface area contributed by atoms with Crippen LogP contribution >= 0.6 is 11.3 Å². The van der Waals surface area contributed by atoms with Crippen LogP contribution in [0.3, 0.4) is 0 Å². The largest absolute Gasteiger partial charge is 0.450 e. The Morgan fingerprint density at radius 2 is 2.00 bits per heavy atom. The highest BCUT2D eigenvalue weighted by Crippen LogP contribution is 2.14. The maximum atomic E-state index is 12.2. The van der Waals surface area contributed by atoms with E-state index in [4.69, 9.17) is 4.74 Å². The van der Waals surface area contributed by atoms with Gasteiger partial charge in [-0.25, -0.2) is 4.79 Å². The van der Waals surface area contributed by atoms with Crippen molar-refractivity contribution in [1.29, 1.82) is 0 Å². The van der Waals surface area contributed by atoms with Gasteiger partial charge in [0.2, 0.25) is 0 Å². The number of rotatable bonds is 2. The minimum Gasteiger partial charge on any atom is -0.450 e. The molecule has 0 saturated carbocycles. The molecular weight excluding hydrogens is 264 g/mol. The molecule has 6 heteroatoms. The van der Waals surface area contributed by atoms with Gasteiger partial charge >= 0.3 is 6.09 Å². The lowest BCUT2D eigenvalue weighted by atomic mass is 10.3. The number of hydrogen-bond donors (Lipinski definition) is 0. The van der Waals surface area contributed by atoms with E-state index in [0.29, 0.717) is 32.8 Å². The van der Waals surface area contributed by atoms with Crippen LogP contribution in [0, 0.1) is 0 Å². The quantitative estimate of drug-likeness (QED) is 0.834. The molecule has 2 amide bonds. The fourth-order valence-electron chi connectivity index (χ4n) is 2.07. The van der Waals surface area contributed by atoms with Crippen molar-refractivity contribution >= 4 is 23.3 Å². The Morgan fingerprint density at radius 1 is 1.26 bits per heavy atom. The van der Waals surface area contributed by atoms with Gasteiger partial charge in [-0.05, 0) is 24.8 Å². The molecule has 0 N–H and O–H groups in total. The minimum absolute atomic E-state index is 0.0562. The summed E-state index contributed by atoms with van der Waals surface area (Å²) in [5.41, 5.74) is 0. The third kappa shape index (κ3) is 3.47. The average Bonchev–Trinajstić information content (AvgIpc) is 2.82. The van der Waals surface area contributed by atoms with E-state index in [1.54, 1.807) is 11.8 Å². The molecule has 0 bridgehead atoms. The van der Waals surface area contributed by atoms with Gasteiger partial charge in [-0.3, -0.25) is 4.79 Å². The second-order valence-electron chi connectivity index (χ2n) is 4.31. The van der Waals surface area contributed by atoms with Crippen molar-refractivity contribution in [2.24, 2.45) is 0 Å².